The largest absolute Gasteiger partial charge is 0.497 e. The van der Waals surface area contributed by atoms with E-state index in [1.807, 2.05) is 54.6 Å². The molecule has 0 atom stereocenters. The van der Waals surface area contributed by atoms with Gasteiger partial charge in [-0.05, 0) is 29.3 Å². The van der Waals surface area contributed by atoms with Gasteiger partial charge in [-0.2, -0.15) is 0 Å². The average Bonchev–Trinajstić information content (AvgIpc) is 2.94. The minimum atomic E-state index is -0.161. The first-order valence-electron chi connectivity index (χ1n) is 7.17. The van der Waals surface area contributed by atoms with Crippen LogP contribution in [0.3, 0.4) is 0 Å². The van der Waals surface area contributed by atoms with Crippen LogP contribution in [0.2, 0.25) is 0 Å². The predicted molar refractivity (Wildman–Crippen MR) is 94.3 cm³/mol. The Morgan fingerprint density at radius 1 is 1.13 bits per heavy atom. The summed E-state index contributed by atoms with van der Waals surface area (Å²) in [4.78, 5) is 16.3. The number of hydrogen-bond donors (Lipinski definition) is 1. The Morgan fingerprint density at radius 2 is 1.87 bits per heavy atom. The fourth-order valence-corrected chi connectivity index (χ4v) is 2.92. The summed E-state index contributed by atoms with van der Waals surface area (Å²) in [6.07, 6.45) is 1.79. The second-order valence-electron chi connectivity index (χ2n) is 4.95. The zero-order valence-electron chi connectivity index (χ0n) is 12.7. The molecular formula is C18H16N2O2S. The second-order valence-corrected chi connectivity index (χ2v) is 5.91. The molecule has 0 saturated heterocycles. The molecule has 0 aromatic heterocycles. The van der Waals surface area contributed by atoms with Gasteiger partial charge in [0.25, 0.3) is 5.91 Å². The van der Waals surface area contributed by atoms with E-state index < -0.39 is 0 Å². The van der Waals surface area contributed by atoms with Crippen molar-refractivity contribution in [3.63, 3.8) is 0 Å². The van der Waals surface area contributed by atoms with E-state index in [0.717, 1.165) is 22.6 Å². The normalized spacial score (nSPS) is 15.4. The van der Waals surface area contributed by atoms with Crippen molar-refractivity contribution in [2.45, 2.75) is 5.75 Å². The molecule has 4 nitrogen and oxygen atoms in total. The predicted octanol–water partition coefficient (Wildman–Crippen LogP) is 3.46. The molecule has 0 spiro atoms. The molecule has 1 aliphatic rings. The van der Waals surface area contributed by atoms with Gasteiger partial charge in [-0.25, -0.2) is 4.99 Å². The number of nitrogens with one attached hydrogen (secondary N) is 1. The number of aliphatic imine (C=N–C) groups is 1. The standard InChI is InChI=1S/C18H16N2O2S/c1-22-15-9-7-14(8-10-15)12-23-18-19-16(17(21)20-18)11-13-5-3-2-4-6-13/h2-11H,12H2,1H3,(H,19,20,21)/b16-11-. The maximum Gasteiger partial charge on any atom is 0.275 e. The Morgan fingerprint density at radius 3 is 2.57 bits per heavy atom. The van der Waals surface area contributed by atoms with E-state index in [9.17, 15) is 4.79 Å². The molecule has 0 saturated carbocycles. The summed E-state index contributed by atoms with van der Waals surface area (Å²) in [5.74, 6) is 1.41. The topological polar surface area (TPSA) is 50.7 Å². The third kappa shape index (κ3) is 4.02. The van der Waals surface area contributed by atoms with Gasteiger partial charge in [0.1, 0.15) is 11.4 Å². The van der Waals surface area contributed by atoms with Crippen LogP contribution < -0.4 is 10.1 Å². The summed E-state index contributed by atoms with van der Waals surface area (Å²) in [6, 6.07) is 17.5. The lowest BCUT2D eigenvalue weighted by molar-refractivity contribution is -0.115. The Kier molecular flexibility index (Phi) is 4.78. The Bertz CT molecular complexity index is 752. The highest BCUT2D eigenvalue weighted by molar-refractivity contribution is 8.13. The van der Waals surface area contributed by atoms with E-state index in [-0.39, 0.29) is 5.91 Å². The molecule has 0 bridgehead atoms. The fourth-order valence-electron chi connectivity index (χ4n) is 2.10. The average molecular weight is 324 g/mol. The van der Waals surface area contributed by atoms with E-state index >= 15 is 0 Å². The summed E-state index contributed by atoms with van der Waals surface area (Å²) >= 11 is 1.51. The maximum atomic E-state index is 12.0. The third-order valence-corrected chi connectivity index (χ3v) is 4.26. The van der Waals surface area contributed by atoms with Gasteiger partial charge >= 0.3 is 0 Å². The van der Waals surface area contributed by atoms with Crippen LogP contribution in [0.25, 0.3) is 6.08 Å². The lowest BCUT2D eigenvalue weighted by Gasteiger charge is -2.03. The minimum absolute atomic E-state index is 0.161. The number of amides is 1. The molecule has 0 radical (unpaired) electrons. The highest BCUT2D eigenvalue weighted by Gasteiger charge is 2.20. The van der Waals surface area contributed by atoms with Crippen LogP contribution in [-0.4, -0.2) is 18.2 Å². The van der Waals surface area contributed by atoms with Crippen LogP contribution in [0, 0.1) is 0 Å². The molecule has 1 aliphatic heterocycles. The van der Waals surface area contributed by atoms with Crippen LogP contribution in [0.15, 0.2) is 65.3 Å². The summed E-state index contributed by atoms with van der Waals surface area (Å²) < 4.78 is 5.14. The minimum Gasteiger partial charge on any atom is -0.497 e. The van der Waals surface area contributed by atoms with Crippen molar-refractivity contribution in [3.05, 3.63) is 71.4 Å². The van der Waals surface area contributed by atoms with Gasteiger partial charge in [-0.1, -0.05) is 54.2 Å². The number of methoxy groups -OCH3 is 1. The van der Waals surface area contributed by atoms with Gasteiger partial charge in [0.2, 0.25) is 0 Å². The summed E-state index contributed by atoms with van der Waals surface area (Å²) in [7, 11) is 1.65. The Balaban J connectivity index is 1.65. The van der Waals surface area contributed by atoms with Crippen LogP contribution >= 0.6 is 11.8 Å². The number of benzene rings is 2. The molecule has 3 rings (SSSR count). The number of nitrogens with zero attached hydrogens (tertiary/aromatic N) is 1. The van der Waals surface area contributed by atoms with Crippen LogP contribution in [0.1, 0.15) is 11.1 Å². The van der Waals surface area contributed by atoms with Gasteiger partial charge in [0.15, 0.2) is 5.17 Å². The number of carbonyl (C=O) groups is 1. The zero-order chi connectivity index (χ0) is 16.1. The molecule has 1 heterocycles. The van der Waals surface area contributed by atoms with Gasteiger partial charge in [0.05, 0.1) is 7.11 Å². The van der Waals surface area contributed by atoms with Crippen molar-refractivity contribution in [2.75, 3.05) is 7.11 Å². The molecule has 23 heavy (non-hydrogen) atoms. The molecule has 1 N–H and O–H groups in total. The number of ether oxygens (including phenoxy) is 1. The molecule has 5 heteroatoms. The number of thioether (sulfide) groups is 1. The third-order valence-electron chi connectivity index (χ3n) is 3.31. The van der Waals surface area contributed by atoms with Crippen molar-refractivity contribution >= 4 is 28.9 Å². The Labute approximate surface area is 139 Å². The van der Waals surface area contributed by atoms with Crippen molar-refractivity contribution in [3.8, 4) is 5.75 Å². The lowest BCUT2D eigenvalue weighted by atomic mass is 10.2. The van der Waals surface area contributed by atoms with Crippen LogP contribution in [-0.2, 0) is 10.5 Å². The SMILES string of the molecule is COc1ccc(CSC2=N/C(=C\c3ccccc3)C(=O)N2)cc1. The highest BCUT2D eigenvalue weighted by Crippen LogP contribution is 2.21. The summed E-state index contributed by atoms with van der Waals surface area (Å²) in [5, 5.41) is 3.43. The first-order valence-corrected chi connectivity index (χ1v) is 8.16. The lowest BCUT2D eigenvalue weighted by Crippen LogP contribution is -2.21. The van der Waals surface area contributed by atoms with E-state index in [4.69, 9.17) is 4.74 Å². The molecule has 0 fully saturated rings. The monoisotopic (exact) mass is 324 g/mol. The fraction of sp³-hybridized carbons (Fsp3) is 0.111. The first kappa shape index (κ1) is 15.4. The van der Waals surface area contributed by atoms with E-state index in [0.29, 0.717) is 10.9 Å². The molecule has 0 unspecified atom stereocenters. The molecule has 2 aromatic carbocycles. The molecular weight excluding hydrogens is 308 g/mol. The first-order chi connectivity index (χ1) is 11.2. The number of carbonyl (C=O) groups excluding carboxylic acids is 1. The smallest absolute Gasteiger partial charge is 0.275 e. The van der Waals surface area contributed by atoms with E-state index in [1.165, 1.54) is 11.8 Å². The van der Waals surface area contributed by atoms with Gasteiger partial charge in [0, 0.05) is 5.75 Å². The van der Waals surface area contributed by atoms with E-state index in [1.54, 1.807) is 13.2 Å². The summed E-state index contributed by atoms with van der Waals surface area (Å²) in [5.41, 5.74) is 2.55. The van der Waals surface area contributed by atoms with E-state index in [2.05, 4.69) is 10.3 Å². The number of hydrogen-bond acceptors (Lipinski definition) is 4. The van der Waals surface area contributed by atoms with Gasteiger partial charge < -0.3 is 4.74 Å². The van der Waals surface area contributed by atoms with Crippen LogP contribution in [0.5, 0.6) is 5.75 Å². The number of amidine groups is 1. The highest BCUT2D eigenvalue weighted by atomic mass is 32.2. The molecule has 0 aliphatic carbocycles. The van der Waals surface area contributed by atoms with Gasteiger partial charge in [-0.3, -0.25) is 10.1 Å². The molecule has 2 aromatic rings. The molecule has 116 valence electrons. The van der Waals surface area contributed by atoms with Crippen molar-refractivity contribution < 1.29 is 9.53 Å². The van der Waals surface area contributed by atoms with Crippen molar-refractivity contribution in [1.82, 2.24) is 5.32 Å². The summed E-state index contributed by atoms with van der Waals surface area (Å²) in [6.45, 7) is 0. The number of rotatable bonds is 4. The van der Waals surface area contributed by atoms with Crippen molar-refractivity contribution in [1.29, 1.82) is 0 Å². The quantitative estimate of drug-likeness (QED) is 0.876. The molecule has 1 amide bonds. The van der Waals surface area contributed by atoms with Crippen LogP contribution in [0.4, 0.5) is 0 Å². The van der Waals surface area contributed by atoms with Gasteiger partial charge in [-0.15, -0.1) is 0 Å². The maximum absolute atomic E-state index is 12.0. The Hall–Kier alpha value is -2.53. The second kappa shape index (κ2) is 7.15. The zero-order valence-corrected chi connectivity index (χ0v) is 13.5. The van der Waals surface area contributed by atoms with Crippen molar-refractivity contribution in [2.24, 2.45) is 4.99 Å².